The Hall–Kier alpha value is -1.36. The zero-order chi connectivity index (χ0) is 9.68. The van der Waals surface area contributed by atoms with E-state index in [1.165, 1.54) is 0 Å². The molecule has 5 nitrogen and oxygen atoms in total. The zero-order valence-electron chi connectivity index (χ0n) is 7.78. The van der Waals surface area contributed by atoms with Gasteiger partial charge in [-0.2, -0.15) is 4.98 Å². The minimum atomic E-state index is 0.220. The maximum Gasteiger partial charge on any atom is 0.223 e. The van der Waals surface area contributed by atoms with Crippen LogP contribution in [0.15, 0.2) is 6.20 Å². The average Bonchev–Trinajstić information content (AvgIpc) is 2.16. The summed E-state index contributed by atoms with van der Waals surface area (Å²) in [5.74, 6) is 0.738. The summed E-state index contributed by atoms with van der Waals surface area (Å²) in [7, 11) is 3.20. The Labute approximate surface area is 76.9 Å². The predicted molar refractivity (Wildman–Crippen MR) is 48.6 cm³/mol. The molecule has 5 heteroatoms. The molecule has 1 heterocycles. The number of nitrogens with zero attached hydrogens (tertiary/aromatic N) is 2. The van der Waals surface area contributed by atoms with Crippen molar-refractivity contribution >= 4 is 5.95 Å². The SMILES string of the molecule is COCCc1cnc(N)nc1OC. The van der Waals surface area contributed by atoms with E-state index in [4.69, 9.17) is 15.2 Å². The van der Waals surface area contributed by atoms with E-state index in [1.807, 2.05) is 0 Å². The summed E-state index contributed by atoms with van der Waals surface area (Å²) < 4.78 is 9.97. The molecule has 1 rings (SSSR count). The molecule has 0 aliphatic carbocycles. The van der Waals surface area contributed by atoms with Gasteiger partial charge in [-0.3, -0.25) is 0 Å². The summed E-state index contributed by atoms with van der Waals surface area (Å²) in [4.78, 5) is 7.81. The number of ether oxygens (including phenoxy) is 2. The Morgan fingerprint density at radius 1 is 1.46 bits per heavy atom. The highest BCUT2D eigenvalue weighted by Gasteiger charge is 2.05. The van der Waals surface area contributed by atoms with Crippen molar-refractivity contribution in [3.8, 4) is 5.88 Å². The number of nitrogen functional groups attached to an aromatic ring is 1. The standard InChI is InChI=1S/C8H13N3O2/c1-12-4-3-6-5-10-8(9)11-7(6)13-2/h5H,3-4H2,1-2H3,(H2,9,10,11). The molecule has 0 aliphatic heterocycles. The van der Waals surface area contributed by atoms with Gasteiger partial charge in [-0.15, -0.1) is 0 Å². The topological polar surface area (TPSA) is 70.3 Å². The van der Waals surface area contributed by atoms with Crippen LogP contribution in [0.25, 0.3) is 0 Å². The van der Waals surface area contributed by atoms with Gasteiger partial charge in [0.05, 0.1) is 13.7 Å². The van der Waals surface area contributed by atoms with Crippen LogP contribution < -0.4 is 10.5 Å². The molecule has 13 heavy (non-hydrogen) atoms. The second-order valence-electron chi connectivity index (χ2n) is 2.51. The number of anilines is 1. The highest BCUT2D eigenvalue weighted by molar-refractivity contribution is 5.29. The number of nitrogens with two attached hydrogens (primary N) is 1. The largest absolute Gasteiger partial charge is 0.481 e. The Bertz CT molecular complexity index is 278. The second-order valence-corrected chi connectivity index (χ2v) is 2.51. The van der Waals surface area contributed by atoms with Crippen molar-refractivity contribution in [1.82, 2.24) is 9.97 Å². The maximum absolute atomic E-state index is 5.40. The Morgan fingerprint density at radius 3 is 2.85 bits per heavy atom. The molecule has 0 saturated carbocycles. The fourth-order valence-corrected chi connectivity index (χ4v) is 0.964. The van der Waals surface area contributed by atoms with E-state index >= 15 is 0 Å². The fraction of sp³-hybridized carbons (Fsp3) is 0.500. The van der Waals surface area contributed by atoms with Gasteiger partial charge in [0.15, 0.2) is 0 Å². The van der Waals surface area contributed by atoms with Crippen molar-refractivity contribution in [1.29, 1.82) is 0 Å². The number of hydrogen-bond donors (Lipinski definition) is 1. The quantitative estimate of drug-likeness (QED) is 0.724. The molecule has 0 aromatic carbocycles. The van der Waals surface area contributed by atoms with Gasteiger partial charge in [0, 0.05) is 25.3 Å². The number of methoxy groups -OCH3 is 2. The molecule has 0 aliphatic rings. The van der Waals surface area contributed by atoms with Crippen LogP contribution >= 0.6 is 0 Å². The van der Waals surface area contributed by atoms with Gasteiger partial charge in [0.1, 0.15) is 0 Å². The molecule has 1 aromatic rings. The molecule has 0 bridgehead atoms. The van der Waals surface area contributed by atoms with Crippen molar-refractivity contribution in [2.45, 2.75) is 6.42 Å². The van der Waals surface area contributed by atoms with E-state index in [9.17, 15) is 0 Å². The van der Waals surface area contributed by atoms with E-state index in [1.54, 1.807) is 20.4 Å². The zero-order valence-corrected chi connectivity index (χ0v) is 7.78. The van der Waals surface area contributed by atoms with Crippen LogP contribution in [0.1, 0.15) is 5.56 Å². The number of hydrogen-bond acceptors (Lipinski definition) is 5. The fourth-order valence-electron chi connectivity index (χ4n) is 0.964. The minimum absolute atomic E-state index is 0.220. The van der Waals surface area contributed by atoms with Gasteiger partial charge in [-0.05, 0) is 0 Å². The molecule has 0 amide bonds. The van der Waals surface area contributed by atoms with Crippen molar-refractivity contribution < 1.29 is 9.47 Å². The van der Waals surface area contributed by atoms with E-state index < -0.39 is 0 Å². The van der Waals surface area contributed by atoms with Gasteiger partial charge in [0.25, 0.3) is 0 Å². The first-order chi connectivity index (χ1) is 6.27. The monoisotopic (exact) mass is 183 g/mol. The summed E-state index contributed by atoms with van der Waals surface area (Å²) >= 11 is 0. The normalized spacial score (nSPS) is 10.0. The van der Waals surface area contributed by atoms with Crippen LogP contribution in [0.4, 0.5) is 5.95 Å². The minimum Gasteiger partial charge on any atom is -0.481 e. The first-order valence-corrected chi connectivity index (χ1v) is 3.92. The Balaban J connectivity index is 2.79. The molecular weight excluding hydrogens is 170 g/mol. The van der Waals surface area contributed by atoms with Crippen LogP contribution in [0.2, 0.25) is 0 Å². The van der Waals surface area contributed by atoms with E-state index in [0.29, 0.717) is 12.5 Å². The van der Waals surface area contributed by atoms with Crippen molar-refractivity contribution in [2.75, 3.05) is 26.6 Å². The Morgan fingerprint density at radius 2 is 2.23 bits per heavy atom. The molecule has 72 valence electrons. The lowest BCUT2D eigenvalue weighted by Crippen LogP contribution is -2.03. The first-order valence-electron chi connectivity index (χ1n) is 3.92. The summed E-state index contributed by atoms with van der Waals surface area (Å²) in [5, 5.41) is 0. The van der Waals surface area contributed by atoms with E-state index in [-0.39, 0.29) is 5.95 Å². The molecule has 2 N–H and O–H groups in total. The highest BCUT2D eigenvalue weighted by atomic mass is 16.5. The van der Waals surface area contributed by atoms with Crippen molar-refractivity contribution in [3.05, 3.63) is 11.8 Å². The number of aromatic nitrogens is 2. The van der Waals surface area contributed by atoms with Crippen molar-refractivity contribution in [2.24, 2.45) is 0 Å². The van der Waals surface area contributed by atoms with E-state index in [0.717, 1.165) is 12.0 Å². The molecule has 0 saturated heterocycles. The van der Waals surface area contributed by atoms with Gasteiger partial charge >= 0.3 is 0 Å². The van der Waals surface area contributed by atoms with Gasteiger partial charge in [0.2, 0.25) is 11.8 Å². The van der Waals surface area contributed by atoms with Gasteiger partial charge < -0.3 is 15.2 Å². The lowest BCUT2D eigenvalue weighted by Gasteiger charge is -2.06. The molecule has 0 spiro atoms. The first kappa shape index (κ1) is 9.73. The van der Waals surface area contributed by atoms with Crippen LogP contribution in [-0.2, 0) is 11.2 Å². The Kier molecular flexibility index (Phi) is 3.45. The average molecular weight is 183 g/mol. The molecule has 0 atom stereocenters. The molecule has 1 aromatic heterocycles. The molecule has 0 fully saturated rings. The summed E-state index contributed by atoms with van der Waals surface area (Å²) in [5.41, 5.74) is 6.30. The van der Waals surface area contributed by atoms with Crippen molar-refractivity contribution in [3.63, 3.8) is 0 Å². The molecule has 0 radical (unpaired) electrons. The highest BCUT2D eigenvalue weighted by Crippen LogP contribution is 2.14. The second kappa shape index (κ2) is 4.61. The lowest BCUT2D eigenvalue weighted by atomic mass is 10.2. The van der Waals surface area contributed by atoms with Crippen LogP contribution in [0, 0.1) is 0 Å². The molecule has 0 unspecified atom stereocenters. The summed E-state index contributed by atoms with van der Waals surface area (Å²) in [6.07, 6.45) is 2.38. The van der Waals surface area contributed by atoms with Crippen LogP contribution in [0.3, 0.4) is 0 Å². The van der Waals surface area contributed by atoms with Crippen LogP contribution in [0.5, 0.6) is 5.88 Å². The third-order valence-electron chi connectivity index (χ3n) is 1.61. The lowest BCUT2D eigenvalue weighted by molar-refractivity contribution is 0.201. The third-order valence-corrected chi connectivity index (χ3v) is 1.61. The predicted octanol–water partition coefficient (Wildman–Crippen LogP) is 0.256. The smallest absolute Gasteiger partial charge is 0.223 e. The summed E-state index contributed by atoms with van der Waals surface area (Å²) in [6, 6.07) is 0. The van der Waals surface area contributed by atoms with E-state index in [2.05, 4.69) is 9.97 Å². The molecular formula is C8H13N3O2. The van der Waals surface area contributed by atoms with Gasteiger partial charge in [-0.25, -0.2) is 4.98 Å². The third kappa shape index (κ3) is 2.55. The van der Waals surface area contributed by atoms with Crippen LogP contribution in [-0.4, -0.2) is 30.8 Å². The number of rotatable bonds is 4. The summed E-state index contributed by atoms with van der Waals surface area (Å²) in [6.45, 7) is 0.615. The van der Waals surface area contributed by atoms with Gasteiger partial charge in [-0.1, -0.05) is 0 Å². The maximum atomic E-state index is 5.40.